The van der Waals surface area contributed by atoms with Crippen molar-refractivity contribution in [2.24, 2.45) is 0 Å². The molecule has 0 unspecified atom stereocenters. The van der Waals surface area contributed by atoms with Crippen LogP contribution in [0, 0.1) is 6.92 Å². The maximum absolute atomic E-state index is 12.9. The van der Waals surface area contributed by atoms with Gasteiger partial charge in [-0.1, -0.05) is 54.1 Å². The first-order valence-corrected chi connectivity index (χ1v) is 10.4. The minimum absolute atomic E-state index is 0.0105. The van der Waals surface area contributed by atoms with Crippen molar-refractivity contribution in [1.82, 2.24) is 10.3 Å². The SMILES string of the molecule is Cc1ccc(N(CC(=O)NCc2ccccc2)C(=O)CCC(=O)Nc2ccccn2)cc1. The average molecular weight is 431 g/mol. The number of carbonyl (C=O) groups is 3. The summed E-state index contributed by atoms with van der Waals surface area (Å²) in [5, 5.41) is 5.51. The normalized spacial score (nSPS) is 10.3. The van der Waals surface area contributed by atoms with E-state index >= 15 is 0 Å². The summed E-state index contributed by atoms with van der Waals surface area (Å²) in [4.78, 5) is 43.2. The summed E-state index contributed by atoms with van der Waals surface area (Å²) in [6.45, 7) is 2.20. The first kappa shape index (κ1) is 22.7. The van der Waals surface area contributed by atoms with Crippen LogP contribution in [-0.4, -0.2) is 29.3 Å². The number of nitrogens with one attached hydrogen (secondary N) is 2. The van der Waals surface area contributed by atoms with Crippen LogP contribution in [0.5, 0.6) is 0 Å². The highest BCUT2D eigenvalue weighted by atomic mass is 16.2. The number of amides is 3. The summed E-state index contributed by atoms with van der Waals surface area (Å²) < 4.78 is 0. The number of carbonyl (C=O) groups excluding carboxylic acids is 3. The van der Waals surface area contributed by atoms with Crippen molar-refractivity contribution in [3.8, 4) is 0 Å². The molecule has 0 aliphatic heterocycles. The van der Waals surface area contributed by atoms with Crippen LogP contribution in [-0.2, 0) is 20.9 Å². The van der Waals surface area contributed by atoms with Crippen molar-refractivity contribution in [2.45, 2.75) is 26.3 Å². The topological polar surface area (TPSA) is 91.4 Å². The third-order valence-corrected chi connectivity index (χ3v) is 4.78. The van der Waals surface area contributed by atoms with E-state index in [-0.39, 0.29) is 37.1 Å². The second-order valence-corrected chi connectivity index (χ2v) is 7.34. The van der Waals surface area contributed by atoms with Crippen LogP contribution in [0.4, 0.5) is 11.5 Å². The third-order valence-electron chi connectivity index (χ3n) is 4.78. The van der Waals surface area contributed by atoms with E-state index in [1.54, 1.807) is 36.5 Å². The molecule has 2 aromatic carbocycles. The zero-order chi connectivity index (χ0) is 22.8. The van der Waals surface area contributed by atoms with E-state index in [1.807, 2.05) is 49.4 Å². The summed E-state index contributed by atoms with van der Waals surface area (Å²) in [5.41, 5.74) is 2.63. The van der Waals surface area contributed by atoms with E-state index in [2.05, 4.69) is 15.6 Å². The molecule has 2 N–H and O–H groups in total. The fourth-order valence-corrected chi connectivity index (χ4v) is 3.04. The number of hydrogen-bond acceptors (Lipinski definition) is 4. The molecular weight excluding hydrogens is 404 g/mol. The van der Waals surface area contributed by atoms with Gasteiger partial charge in [0, 0.05) is 31.3 Å². The van der Waals surface area contributed by atoms with Crippen molar-refractivity contribution < 1.29 is 14.4 Å². The second kappa shape index (κ2) is 11.4. The van der Waals surface area contributed by atoms with Crippen molar-refractivity contribution >= 4 is 29.2 Å². The van der Waals surface area contributed by atoms with E-state index in [4.69, 9.17) is 0 Å². The lowest BCUT2D eigenvalue weighted by molar-refractivity contribution is -0.125. The molecule has 0 spiro atoms. The van der Waals surface area contributed by atoms with Gasteiger partial charge in [0.05, 0.1) is 0 Å². The van der Waals surface area contributed by atoms with Gasteiger partial charge in [-0.3, -0.25) is 14.4 Å². The van der Waals surface area contributed by atoms with Gasteiger partial charge < -0.3 is 15.5 Å². The maximum atomic E-state index is 12.9. The molecule has 7 heteroatoms. The van der Waals surface area contributed by atoms with E-state index < -0.39 is 0 Å². The number of hydrogen-bond donors (Lipinski definition) is 2. The smallest absolute Gasteiger partial charge is 0.240 e. The fraction of sp³-hybridized carbons (Fsp3) is 0.200. The Labute approximate surface area is 187 Å². The van der Waals surface area contributed by atoms with Crippen LogP contribution in [0.25, 0.3) is 0 Å². The van der Waals surface area contributed by atoms with Gasteiger partial charge in [0.15, 0.2) is 0 Å². The molecule has 7 nitrogen and oxygen atoms in total. The molecule has 0 saturated heterocycles. The van der Waals surface area contributed by atoms with Gasteiger partial charge in [0.25, 0.3) is 0 Å². The Kier molecular flexibility index (Phi) is 8.09. The Morgan fingerprint density at radius 3 is 2.25 bits per heavy atom. The Balaban J connectivity index is 1.61. The summed E-state index contributed by atoms with van der Waals surface area (Å²) in [6.07, 6.45) is 1.54. The minimum atomic E-state index is -0.311. The van der Waals surface area contributed by atoms with Gasteiger partial charge in [-0.05, 0) is 36.8 Å². The highest BCUT2D eigenvalue weighted by Crippen LogP contribution is 2.17. The van der Waals surface area contributed by atoms with E-state index in [0.29, 0.717) is 18.1 Å². The first-order valence-electron chi connectivity index (χ1n) is 10.4. The predicted octanol–water partition coefficient (Wildman–Crippen LogP) is 3.46. The summed E-state index contributed by atoms with van der Waals surface area (Å²) in [6, 6.07) is 22.1. The van der Waals surface area contributed by atoms with Gasteiger partial charge in [-0.25, -0.2) is 4.98 Å². The number of benzene rings is 2. The first-order chi connectivity index (χ1) is 15.5. The third kappa shape index (κ3) is 7.05. The molecule has 32 heavy (non-hydrogen) atoms. The van der Waals surface area contributed by atoms with Crippen LogP contribution in [0.2, 0.25) is 0 Å². The number of anilines is 2. The lowest BCUT2D eigenvalue weighted by atomic mass is 10.2. The van der Waals surface area contributed by atoms with E-state index in [1.165, 1.54) is 4.90 Å². The van der Waals surface area contributed by atoms with Gasteiger partial charge in [-0.2, -0.15) is 0 Å². The molecule has 1 heterocycles. The molecule has 0 saturated carbocycles. The quantitative estimate of drug-likeness (QED) is 0.544. The highest BCUT2D eigenvalue weighted by molar-refractivity contribution is 6.01. The van der Waals surface area contributed by atoms with Crippen LogP contribution in [0.1, 0.15) is 24.0 Å². The van der Waals surface area contributed by atoms with Gasteiger partial charge in [0.2, 0.25) is 17.7 Å². The standard InChI is InChI=1S/C25H26N4O3/c1-19-10-12-21(13-11-19)29(18-24(31)27-17-20-7-3-2-4-8-20)25(32)15-14-23(30)28-22-9-5-6-16-26-22/h2-13,16H,14-15,17-18H2,1H3,(H,27,31)(H,26,28,30). The summed E-state index contributed by atoms with van der Waals surface area (Å²) >= 11 is 0. The minimum Gasteiger partial charge on any atom is -0.350 e. The molecule has 3 rings (SSSR count). The molecule has 0 aliphatic carbocycles. The van der Waals surface area contributed by atoms with Gasteiger partial charge in [-0.15, -0.1) is 0 Å². The lowest BCUT2D eigenvalue weighted by Gasteiger charge is -2.22. The monoisotopic (exact) mass is 430 g/mol. The molecule has 0 radical (unpaired) electrons. The maximum Gasteiger partial charge on any atom is 0.240 e. The Morgan fingerprint density at radius 2 is 1.56 bits per heavy atom. The van der Waals surface area contributed by atoms with Crippen molar-refractivity contribution in [1.29, 1.82) is 0 Å². The Bertz CT molecular complexity index is 1040. The molecular formula is C25H26N4O3. The molecule has 164 valence electrons. The fourth-order valence-electron chi connectivity index (χ4n) is 3.04. The van der Waals surface area contributed by atoms with E-state index in [9.17, 15) is 14.4 Å². The zero-order valence-corrected chi connectivity index (χ0v) is 18.0. The number of aryl methyl sites for hydroxylation is 1. The summed E-state index contributed by atoms with van der Waals surface area (Å²) in [5.74, 6) is -0.462. The van der Waals surface area contributed by atoms with Gasteiger partial charge >= 0.3 is 0 Å². The number of rotatable bonds is 9. The van der Waals surface area contributed by atoms with E-state index in [0.717, 1.165) is 11.1 Å². The largest absolute Gasteiger partial charge is 0.350 e. The number of pyridine rings is 1. The second-order valence-electron chi connectivity index (χ2n) is 7.34. The molecule has 0 fully saturated rings. The van der Waals surface area contributed by atoms with Crippen LogP contribution >= 0.6 is 0 Å². The molecule has 3 aromatic rings. The molecule has 0 bridgehead atoms. The predicted molar refractivity (Wildman–Crippen MR) is 124 cm³/mol. The zero-order valence-electron chi connectivity index (χ0n) is 18.0. The summed E-state index contributed by atoms with van der Waals surface area (Å²) in [7, 11) is 0. The van der Waals surface area contributed by atoms with Crippen LogP contribution in [0.15, 0.2) is 79.0 Å². The van der Waals surface area contributed by atoms with Crippen molar-refractivity contribution in [3.63, 3.8) is 0 Å². The highest BCUT2D eigenvalue weighted by Gasteiger charge is 2.20. The number of nitrogens with zero attached hydrogens (tertiary/aromatic N) is 2. The van der Waals surface area contributed by atoms with Crippen LogP contribution < -0.4 is 15.5 Å². The molecule has 0 aliphatic rings. The van der Waals surface area contributed by atoms with Crippen molar-refractivity contribution in [3.05, 3.63) is 90.1 Å². The van der Waals surface area contributed by atoms with Gasteiger partial charge in [0.1, 0.15) is 12.4 Å². The molecule has 3 amide bonds. The lowest BCUT2D eigenvalue weighted by Crippen LogP contribution is -2.41. The van der Waals surface area contributed by atoms with Crippen molar-refractivity contribution in [2.75, 3.05) is 16.8 Å². The molecule has 1 aromatic heterocycles. The Morgan fingerprint density at radius 1 is 0.844 bits per heavy atom. The Hall–Kier alpha value is -4.00. The average Bonchev–Trinajstić information content (AvgIpc) is 2.82. The number of aromatic nitrogens is 1. The van der Waals surface area contributed by atoms with Crippen LogP contribution in [0.3, 0.4) is 0 Å². The molecule has 0 atom stereocenters.